The Labute approximate surface area is 147 Å². The van der Waals surface area contributed by atoms with Crippen molar-refractivity contribution >= 4 is 15.9 Å². The highest BCUT2D eigenvalue weighted by atomic mass is 79.9. The molecule has 1 N–H and O–H groups in total. The molecule has 0 atom stereocenters. The van der Waals surface area contributed by atoms with Gasteiger partial charge in [-0.25, -0.2) is 0 Å². The first kappa shape index (κ1) is 16.5. The summed E-state index contributed by atoms with van der Waals surface area (Å²) in [5.74, 6) is 1.73. The molecule has 24 heavy (non-hydrogen) atoms. The molecule has 0 amide bonds. The lowest BCUT2D eigenvalue weighted by Gasteiger charge is -2.09. The summed E-state index contributed by atoms with van der Waals surface area (Å²) in [6.07, 6.45) is 0. The zero-order valence-electron chi connectivity index (χ0n) is 13.2. The lowest BCUT2D eigenvalue weighted by atomic mass is 10.0. The third kappa shape index (κ3) is 2.90. The topological polar surface area (TPSA) is 64.7 Å². The number of halogens is 1. The molecule has 0 spiro atoms. The van der Waals surface area contributed by atoms with Crippen LogP contribution in [0.3, 0.4) is 0 Å². The molecule has 5 nitrogen and oxygen atoms in total. The van der Waals surface area contributed by atoms with E-state index in [0.717, 1.165) is 10.0 Å². The molecule has 3 rings (SSSR count). The molecule has 1 aromatic heterocycles. The maximum atomic E-state index is 9.89. The molecule has 0 aliphatic carbocycles. The minimum atomic E-state index is -0.204. The molecule has 2 aromatic carbocycles. The van der Waals surface area contributed by atoms with Crippen molar-refractivity contribution in [3.63, 3.8) is 0 Å². The number of methoxy groups -OCH3 is 2. The van der Waals surface area contributed by atoms with E-state index < -0.39 is 0 Å². The monoisotopic (exact) mass is 389 g/mol. The number of rotatable bonds is 5. The summed E-state index contributed by atoms with van der Waals surface area (Å²) in [4.78, 5) is 0. The number of ether oxygens (including phenoxy) is 2. The van der Waals surface area contributed by atoms with Gasteiger partial charge in [-0.3, -0.25) is 0 Å². The van der Waals surface area contributed by atoms with Gasteiger partial charge in [0.05, 0.1) is 32.0 Å². The minimum absolute atomic E-state index is 0.204. The van der Waals surface area contributed by atoms with Crippen molar-refractivity contribution in [2.24, 2.45) is 0 Å². The average molecular weight is 390 g/mol. The number of benzene rings is 2. The molecule has 0 bridgehead atoms. The van der Waals surface area contributed by atoms with Crippen LogP contribution in [0.5, 0.6) is 11.5 Å². The van der Waals surface area contributed by atoms with Crippen molar-refractivity contribution in [1.29, 1.82) is 0 Å². The summed E-state index contributed by atoms with van der Waals surface area (Å²) in [6, 6.07) is 13.0. The average Bonchev–Trinajstić information content (AvgIpc) is 3.05. The van der Waals surface area contributed by atoms with Gasteiger partial charge in [0.25, 0.3) is 0 Å². The summed E-state index contributed by atoms with van der Waals surface area (Å²) >= 11 is 3.50. The van der Waals surface area contributed by atoms with Gasteiger partial charge in [0.1, 0.15) is 17.2 Å². The Bertz CT molecular complexity index is 860. The summed E-state index contributed by atoms with van der Waals surface area (Å²) in [5.41, 5.74) is 2.75. The van der Waals surface area contributed by atoms with Crippen LogP contribution in [-0.4, -0.2) is 24.5 Å². The van der Waals surface area contributed by atoms with Gasteiger partial charge in [-0.15, -0.1) is 0 Å². The predicted molar refractivity (Wildman–Crippen MR) is 94.1 cm³/mol. The molecule has 0 aliphatic rings. The number of hydrogen-bond donors (Lipinski definition) is 1. The minimum Gasteiger partial charge on any atom is -0.497 e. The Morgan fingerprint density at radius 2 is 1.88 bits per heavy atom. The Balaban J connectivity index is 2.16. The van der Waals surface area contributed by atoms with Crippen LogP contribution in [0, 0.1) is 0 Å². The zero-order chi connectivity index (χ0) is 17.1. The molecule has 3 aromatic rings. The highest BCUT2D eigenvalue weighted by molar-refractivity contribution is 9.10. The third-order valence-corrected chi connectivity index (χ3v) is 4.42. The van der Waals surface area contributed by atoms with Crippen molar-refractivity contribution < 1.29 is 19.1 Å². The molecule has 6 heteroatoms. The Morgan fingerprint density at radius 1 is 1.08 bits per heavy atom. The van der Waals surface area contributed by atoms with Crippen LogP contribution in [0.25, 0.3) is 22.6 Å². The van der Waals surface area contributed by atoms with E-state index in [-0.39, 0.29) is 6.61 Å². The van der Waals surface area contributed by atoms with Gasteiger partial charge >= 0.3 is 0 Å². The summed E-state index contributed by atoms with van der Waals surface area (Å²) in [7, 11) is 3.16. The van der Waals surface area contributed by atoms with E-state index in [1.54, 1.807) is 26.4 Å². The van der Waals surface area contributed by atoms with E-state index in [1.165, 1.54) is 0 Å². The fourth-order valence-electron chi connectivity index (χ4n) is 2.52. The SMILES string of the molecule is COc1ccc(-c2onc(-c3ccccc3Br)c2CO)c(OC)c1. The van der Waals surface area contributed by atoms with Crippen molar-refractivity contribution in [3.8, 4) is 34.1 Å². The fourth-order valence-corrected chi connectivity index (χ4v) is 2.99. The highest BCUT2D eigenvalue weighted by Gasteiger charge is 2.22. The van der Waals surface area contributed by atoms with Crippen LogP contribution in [0.4, 0.5) is 0 Å². The van der Waals surface area contributed by atoms with E-state index >= 15 is 0 Å². The van der Waals surface area contributed by atoms with Gasteiger partial charge in [0.2, 0.25) is 0 Å². The summed E-state index contributed by atoms with van der Waals surface area (Å²) < 4.78 is 17.1. The molecule has 1 heterocycles. The molecule has 0 radical (unpaired) electrons. The lowest BCUT2D eigenvalue weighted by molar-refractivity contribution is 0.281. The number of aliphatic hydroxyl groups is 1. The molecule has 0 fully saturated rings. The smallest absolute Gasteiger partial charge is 0.176 e. The second-order valence-electron chi connectivity index (χ2n) is 5.04. The van der Waals surface area contributed by atoms with Crippen LogP contribution in [0.2, 0.25) is 0 Å². The van der Waals surface area contributed by atoms with Crippen LogP contribution in [0.1, 0.15) is 5.56 Å². The van der Waals surface area contributed by atoms with E-state index in [0.29, 0.717) is 34.1 Å². The summed E-state index contributed by atoms with van der Waals surface area (Å²) in [6.45, 7) is -0.204. The molecule has 0 saturated heterocycles. The standard InChI is InChI=1S/C18H16BrNO4/c1-22-11-7-8-13(16(9-11)23-2)18-14(10-21)17(20-24-18)12-5-3-4-6-15(12)19/h3-9,21H,10H2,1-2H3. The zero-order valence-corrected chi connectivity index (χ0v) is 14.8. The van der Waals surface area contributed by atoms with E-state index in [2.05, 4.69) is 21.1 Å². The van der Waals surface area contributed by atoms with E-state index in [4.69, 9.17) is 14.0 Å². The molecule has 0 saturated carbocycles. The third-order valence-electron chi connectivity index (χ3n) is 3.73. The summed E-state index contributed by atoms with van der Waals surface area (Å²) in [5, 5.41) is 14.0. The predicted octanol–water partition coefficient (Wildman–Crippen LogP) is 4.28. The van der Waals surface area contributed by atoms with Gasteiger partial charge in [-0.2, -0.15) is 0 Å². The maximum absolute atomic E-state index is 9.89. The van der Waals surface area contributed by atoms with E-state index in [1.807, 2.05) is 30.3 Å². The fraction of sp³-hybridized carbons (Fsp3) is 0.167. The number of aliphatic hydroxyl groups excluding tert-OH is 1. The number of nitrogens with zero attached hydrogens (tertiary/aromatic N) is 1. The normalized spacial score (nSPS) is 10.7. The van der Waals surface area contributed by atoms with Crippen molar-refractivity contribution in [1.82, 2.24) is 5.16 Å². The first-order valence-electron chi connectivity index (χ1n) is 7.26. The van der Waals surface area contributed by atoms with Crippen molar-refractivity contribution in [2.45, 2.75) is 6.61 Å². The molecule has 124 valence electrons. The highest BCUT2D eigenvalue weighted by Crippen LogP contribution is 2.40. The Hall–Kier alpha value is -2.31. The second-order valence-corrected chi connectivity index (χ2v) is 5.90. The van der Waals surface area contributed by atoms with Crippen LogP contribution >= 0.6 is 15.9 Å². The molecule has 0 unspecified atom stereocenters. The van der Waals surface area contributed by atoms with Gasteiger partial charge < -0.3 is 19.1 Å². The van der Waals surface area contributed by atoms with Gasteiger partial charge in [-0.05, 0) is 18.2 Å². The van der Waals surface area contributed by atoms with Crippen LogP contribution < -0.4 is 9.47 Å². The van der Waals surface area contributed by atoms with Gasteiger partial charge in [0.15, 0.2) is 5.76 Å². The van der Waals surface area contributed by atoms with Crippen molar-refractivity contribution in [2.75, 3.05) is 14.2 Å². The first-order valence-corrected chi connectivity index (χ1v) is 8.05. The second kappa shape index (κ2) is 7.07. The first-order chi connectivity index (χ1) is 11.7. The molecular weight excluding hydrogens is 374 g/mol. The molecule has 0 aliphatic heterocycles. The van der Waals surface area contributed by atoms with Crippen molar-refractivity contribution in [3.05, 3.63) is 52.5 Å². The van der Waals surface area contributed by atoms with Crippen LogP contribution in [0.15, 0.2) is 51.5 Å². The maximum Gasteiger partial charge on any atom is 0.176 e. The van der Waals surface area contributed by atoms with E-state index in [9.17, 15) is 5.11 Å². The van der Waals surface area contributed by atoms with Gasteiger partial charge in [0, 0.05) is 16.1 Å². The Kier molecular flexibility index (Phi) is 4.87. The lowest BCUT2D eigenvalue weighted by Crippen LogP contribution is -1.93. The quantitative estimate of drug-likeness (QED) is 0.705. The number of hydrogen-bond acceptors (Lipinski definition) is 5. The largest absolute Gasteiger partial charge is 0.497 e. The number of aromatic nitrogens is 1. The van der Waals surface area contributed by atoms with Gasteiger partial charge in [-0.1, -0.05) is 39.3 Å². The Morgan fingerprint density at radius 3 is 2.54 bits per heavy atom. The molecular formula is C18H16BrNO4. The van der Waals surface area contributed by atoms with Crippen LogP contribution in [-0.2, 0) is 6.61 Å².